The number of carbonyl (C=O) groups is 4. The van der Waals surface area contributed by atoms with Crippen molar-refractivity contribution in [3.63, 3.8) is 0 Å². The maximum absolute atomic E-state index is 12.6. The third-order valence-electron chi connectivity index (χ3n) is 5.53. The van der Waals surface area contributed by atoms with Crippen LogP contribution in [-0.4, -0.2) is 49.3 Å². The van der Waals surface area contributed by atoms with Crippen LogP contribution in [0.3, 0.4) is 0 Å². The van der Waals surface area contributed by atoms with Gasteiger partial charge in [0.25, 0.3) is 5.91 Å². The zero-order valence-electron chi connectivity index (χ0n) is 19.6. The maximum atomic E-state index is 12.6. The van der Waals surface area contributed by atoms with Gasteiger partial charge in [-0.25, -0.2) is 0 Å². The van der Waals surface area contributed by atoms with Gasteiger partial charge in [0, 0.05) is 54.7 Å². The van der Waals surface area contributed by atoms with Crippen LogP contribution in [-0.2, 0) is 19.2 Å². The Balaban J connectivity index is 1.17. The fraction of sp³-hybridized carbons (Fsp3) is 0.417. The molecule has 0 spiro atoms. The number of thioether (sulfide) groups is 4. The second-order valence-corrected chi connectivity index (χ2v) is 12.9. The molecule has 1 aromatic carbocycles. The van der Waals surface area contributed by atoms with E-state index in [-0.39, 0.29) is 62.0 Å². The third kappa shape index (κ3) is 7.99. The number of unbranched alkanes of at least 4 members (excludes halogenated alkanes) is 1. The number of benzene rings is 1. The smallest absolute Gasteiger partial charge is 0.258 e. The largest absolute Gasteiger partial charge is 0.356 e. The Bertz CT molecular complexity index is 1040. The summed E-state index contributed by atoms with van der Waals surface area (Å²) in [5, 5.41) is 13.2. The van der Waals surface area contributed by atoms with Crippen LogP contribution < -0.4 is 21.3 Å². The van der Waals surface area contributed by atoms with Crippen LogP contribution in [0.25, 0.3) is 0 Å². The summed E-state index contributed by atoms with van der Waals surface area (Å²) in [6.45, 7) is 1.10. The van der Waals surface area contributed by atoms with E-state index in [9.17, 15) is 19.2 Å². The Morgan fingerprint density at radius 2 is 1.58 bits per heavy atom. The molecule has 1 unspecified atom stereocenters. The predicted molar refractivity (Wildman–Crippen MR) is 147 cm³/mol. The molecular weight excluding hydrogens is 537 g/mol. The summed E-state index contributed by atoms with van der Waals surface area (Å²) in [7, 11) is 0. The van der Waals surface area contributed by atoms with Crippen LogP contribution in [0, 0.1) is 0 Å². The standard InChI is InChI=1S/C24H28N4O4S4/c29-19-8-11-26-21(31)13-15(28-20(30)9-12-25-19)5-3-4-10-27-22(32)18-14-33-23(36-18)24-34-16-6-1-2-7-17(16)35-24/h1-2,6-7,14-15H,3-5,8-13H2,(H,25,29)(H,26,31)(H,27,32)(H,28,30). The van der Waals surface area contributed by atoms with E-state index in [0.29, 0.717) is 17.9 Å². The monoisotopic (exact) mass is 564 g/mol. The lowest BCUT2D eigenvalue weighted by Crippen LogP contribution is -2.42. The van der Waals surface area contributed by atoms with Gasteiger partial charge in [0.05, 0.1) is 13.4 Å². The number of rotatable bonds is 6. The summed E-state index contributed by atoms with van der Waals surface area (Å²) >= 11 is 6.62. The maximum Gasteiger partial charge on any atom is 0.258 e. The lowest BCUT2D eigenvalue weighted by molar-refractivity contribution is -0.124. The zero-order valence-corrected chi connectivity index (χ0v) is 22.9. The van der Waals surface area contributed by atoms with Gasteiger partial charge in [0.2, 0.25) is 17.7 Å². The molecule has 0 aromatic heterocycles. The average Bonchev–Trinajstić information content (AvgIpc) is 3.50. The molecule has 0 saturated carbocycles. The molecule has 1 aromatic rings. The van der Waals surface area contributed by atoms with E-state index in [2.05, 4.69) is 33.4 Å². The van der Waals surface area contributed by atoms with Crippen molar-refractivity contribution in [2.75, 3.05) is 19.6 Å². The Labute approximate surface area is 227 Å². The first-order chi connectivity index (χ1) is 17.5. The topological polar surface area (TPSA) is 116 Å². The Morgan fingerprint density at radius 3 is 2.33 bits per heavy atom. The summed E-state index contributed by atoms with van der Waals surface area (Å²) < 4.78 is 2.36. The molecule has 0 bridgehead atoms. The van der Waals surface area contributed by atoms with Crippen molar-refractivity contribution in [3.8, 4) is 0 Å². The summed E-state index contributed by atoms with van der Waals surface area (Å²) in [6.07, 6.45) is 2.71. The molecule has 192 valence electrons. The number of hydrogen-bond donors (Lipinski definition) is 4. The molecule has 8 nitrogen and oxygen atoms in total. The molecule has 3 aliphatic heterocycles. The van der Waals surface area contributed by atoms with Crippen LogP contribution in [0.1, 0.15) is 38.5 Å². The van der Waals surface area contributed by atoms with Crippen molar-refractivity contribution in [2.45, 2.75) is 54.4 Å². The van der Waals surface area contributed by atoms with Gasteiger partial charge in [0.1, 0.15) is 0 Å². The highest BCUT2D eigenvalue weighted by molar-refractivity contribution is 8.32. The predicted octanol–water partition coefficient (Wildman–Crippen LogP) is 3.52. The minimum atomic E-state index is -0.271. The third-order valence-corrected chi connectivity index (χ3v) is 11.0. The number of fused-ring (bicyclic) bond motifs is 1. The first-order valence-corrected chi connectivity index (χ1v) is 15.2. The number of amides is 4. The van der Waals surface area contributed by atoms with Gasteiger partial charge in [-0.05, 0) is 36.8 Å². The lowest BCUT2D eigenvalue weighted by atomic mass is 10.1. The summed E-state index contributed by atoms with van der Waals surface area (Å²) in [4.78, 5) is 51.8. The van der Waals surface area contributed by atoms with E-state index in [1.54, 1.807) is 35.3 Å². The first kappa shape index (κ1) is 27.0. The summed E-state index contributed by atoms with van der Waals surface area (Å²) in [5.41, 5.74) is 0. The molecule has 4 N–H and O–H groups in total. The Kier molecular flexibility index (Phi) is 10.1. The van der Waals surface area contributed by atoms with Crippen molar-refractivity contribution < 1.29 is 19.2 Å². The number of carbonyl (C=O) groups excluding carboxylic acids is 4. The number of nitrogens with one attached hydrogen (secondary N) is 4. The zero-order chi connectivity index (χ0) is 25.3. The molecule has 0 radical (unpaired) electrons. The summed E-state index contributed by atoms with van der Waals surface area (Å²) in [6, 6.07) is 8.04. The second kappa shape index (κ2) is 13.5. The van der Waals surface area contributed by atoms with Crippen LogP contribution >= 0.6 is 47.0 Å². The fourth-order valence-electron chi connectivity index (χ4n) is 3.71. The van der Waals surface area contributed by atoms with E-state index in [1.165, 1.54) is 25.8 Å². The van der Waals surface area contributed by atoms with Crippen molar-refractivity contribution in [1.82, 2.24) is 21.3 Å². The molecule has 4 amide bonds. The van der Waals surface area contributed by atoms with Gasteiger partial charge in [-0.2, -0.15) is 0 Å². The van der Waals surface area contributed by atoms with Gasteiger partial charge >= 0.3 is 0 Å². The van der Waals surface area contributed by atoms with Gasteiger partial charge in [0.15, 0.2) is 0 Å². The molecule has 1 saturated heterocycles. The quantitative estimate of drug-likeness (QED) is 0.388. The van der Waals surface area contributed by atoms with E-state index >= 15 is 0 Å². The highest BCUT2D eigenvalue weighted by Crippen LogP contribution is 2.58. The lowest BCUT2D eigenvalue weighted by Gasteiger charge is -2.19. The second-order valence-electron chi connectivity index (χ2n) is 8.35. The van der Waals surface area contributed by atoms with Crippen molar-refractivity contribution in [3.05, 3.63) is 43.1 Å². The fourth-order valence-corrected chi connectivity index (χ4v) is 8.71. The van der Waals surface area contributed by atoms with Crippen LogP contribution in [0.5, 0.6) is 0 Å². The Hall–Kier alpha value is -2.02. The minimum Gasteiger partial charge on any atom is -0.356 e. The molecule has 4 rings (SSSR count). The SMILES string of the molecule is O=C1CCNC(=O)CC(CCCCNC(=O)C2=CSC(=C3Sc4ccccc4S3)S2)NC(=O)CCN1. The van der Waals surface area contributed by atoms with E-state index in [0.717, 1.165) is 17.1 Å². The van der Waals surface area contributed by atoms with Crippen LogP contribution in [0.4, 0.5) is 0 Å². The highest BCUT2D eigenvalue weighted by Gasteiger charge is 2.26. The van der Waals surface area contributed by atoms with Crippen molar-refractivity contribution >= 4 is 70.7 Å². The van der Waals surface area contributed by atoms with E-state index in [1.807, 2.05) is 17.5 Å². The highest BCUT2D eigenvalue weighted by atomic mass is 32.2. The van der Waals surface area contributed by atoms with Crippen LogP contribution in [0.2, 0.25) is 0 Å². The Morgan fingerprint density at radius 1 is 0.889 bits per heavy atom. The van der Waals surface area contributed by atoms with Gasteiger partial charge in [-0.15, -0.1) is 0 Å². The molecule has 0 aliphatic carbocycles. The minimum absolute atomic E-state index is 0.0747. The van der Waals surface area contributed by atoms with E-state index < -0.39 is 0 Å². The molecule has 36 heavy (non-hydrogen) atoms. The van der Waals surface area contributed by atoms with Gasteiger partial charge in [-0.1, -0.05) is 59.2 Å². The molecule has 3 aliphatic rings. The first-order valence-electron chi connectivity index (χ1n) is 11.8. The molecule has 3 heterocycles. The summed E-state index contributed by atoms with van der Waals surface area (Å²) in [5.74, 6) is -0.621. The normalized spacial score (nSPS) is 20.9. The molecular formula is C24H28N4O4S4. The van der Waals surface area contributed by atoms with Gasteiger partial charge in [-0.3, -0.25) is 19.2 Å². The van der Waals surface area contributed by atoms with Crippen molar-refractivity contribution in [2.24, 2.45) is 0 Å². The van der Waals surface area contributed by atoms with Gasteiger partial charge < -0.3 is 21.3 Å². The van der Waals surface area contributed by atoms with Crippen molar-refractivity contribution in [1.29, 1.82) is 0 Å². The average molecular weight is 565 g/mol. The molecule has 1 atom stereocenters. The van der Waals surface area contributed by atoms with E-state index in [4.69, 9.17) is 0 Å². The van der Waals surface area contributed by atoms with Crippen LogP contribution in [0.15, 0.2) is 52.8 Å². The number of hydrogen-bond acceptors (Lipinski definition) is 8. The molecule has 12 heteroatoms. The molecule has 1 fully saturated rings.